The molecule has 2 aliphatic rings. The fourth-order valence-electron chi connectivity index (χ4n) is 3.99. The number of hydrogen-bond donors (Lipinski definition) is 1. The van der Waals surface area contributed by atoms with Crippen molar-refractivity contribution in [3.63, 3.8) is 0 Å². The number of rotatable bonds is 5. The Morgan fingerprint density at radius 2 is 1.61 bits per heavy atom. The minimum absolute atomic E-state index is 0.136. The summed E-state index contributed by atoms with van der Waals surface area (Å²) in [6, 6.07) is 7.93. The van der Waals surface area contributed by atoms with Crippen molar-refractivity contribution in [1.82, 2.24) is 10.2 Å². The molecule has 2 saturated heterocycles. The van der Waals surface area contributed by atoms with Crippen molar-refractivity contribution in [2.45, 2.75) is 84.5 Å². The summed E-state index contributed by atoms with van der Waals surface area (Å²) < 4.78 is 17.5. The molecule has 0 saturated carbocycles. The molecule has 33 heavy (non-hydrogen) atoms. The fraction of sp³-hybridized carbons (Fsp3) is 0.680. The van der Waals surface area contributed by atoms with Crippen LogP contribution < -0.4 is 10.8 Å². The SMILES string of the molecule is CC(C)(C)OC(=O)NCC1CCN(C(=O)Cc2ccc(B3OC(C)(C)C(C)(C)O3)cc2)CC1. The highest BCUT2D eigenvalue weighted by Crippen LogP contribution is 2.36. The molecular formula is C25H39BN2O5. The van der Waals surface area contributed by atoms with E-state index in [-0.39, 0.29) is 23.2 Å². The van der Waals surface area contributed by atoms with Gasteiger partial charge in [-0.25, -0.2) is 4.79 Å². The Labute approximate surface area is 198 Å². The Balaban J connectivity index is 1.44. The molecule has 0 spiro atoms. The van der Waals surface area contributed by atoms with Crippen molar-refractivity contribution in [1.29, 1.82) is 0 Å². The second-order valence-corrected chi connectivity index (χ2v) is 11.2. The maximum Gasteiger partial charge on any atom is 0.494 e. The molecule has 0 radical (unpaired) electrons. The number of nitrogens with zero attached hydrogens (tertiary/aromatic N) is 1. The molecule has 1 aromatic rings. The van der Waals surface area contributed by atoms with Crippen molar-refractivity contribution in [3.05, 3.63) is 29.8 Å². The lowest BCUT2D eigenvalue weighted by atomic mass is 9.79. The lowest BCUT2D eigenvalue weighted by molar-refractivity contribution is -0.131. The van der Waals surface area contributed by atoms with E-state index in [1.807, 2.05) is 77.6 Å². The summed E-state index contributed by atoms with van der Waals surface area (Å²) in [5.41, 5.74) is 0.696. The molecule has 0 atom stereocenters. The predicted molar refractivity (Wildman–Crippen MR) is 129 cm³/mol. The van der Waals surface area contributed by atoms with E-state index < -0.39 is 12.7 Å². The Bertz CT molecular complexity index is 823. The van der Waals surface area contributed by atoms with Crippen LogP contribution in [0, 0.1) is 5.92 Å². The van der Waals surface area contributed by atoms with Crippen molar-refractivity contribution in [2.24, 2.45) is 5.92 Å². The maximum absolute atomic E-state index is 12.8. The number of likely N-dealkylation sites (tertiary alicyclic amines) is 1. The Morgan fingerprint density at radius 1 is 1.06 bits per heavy atom. The number of carbonyl (C=O) groups excluding carboxylic acids is 2. The van der Waals surface area contributed by atoms with Gasteiger partial charge in [0.25, 0.3) is 0 Å². The average Bonchev–Trinajstić information content (AvgIpc) is 2.93. The first-order chi connectivity index (χ1) is 15.3. The zero-order valence-corrected chi connectivity index (χ0v) is 21.2. The molecule has 1 aromatic carbocycles. The molecule has 8 heteroatoms. The Morgan fingerprint density at radius 3 is 2.12 bits per heavy atom. The molecule has 0 aromatic heterocycles. The number of hydrogen-bond acceptors (Lipinski definition) is 5. The monoisotopic (exact) mass is 458 g/mol. The number of piperidine rings is 1. The number of carbonyl (C=O) groups is 2. The molecule has 2 aliphatic heterocycles. The third kappa shape index (κ3) is 6.73. The number of nitrogens with one attached hydrogen (secondary N) is 1. The summed E-state index contributed by atoms with van der Waals surface area (Å²) >= 11 is 0. The van der Waals surface area contributed by atoms with E-state index in [4.69, 9.17) is 14.0 Å². The average molecular weight is 458 g/mol. The van der Waals surface area contributed by atoms with E-state index in [0.29, 0.717) is 32.0 Å². The largest absolute Gasteiger partial charge is 0.494 e. The number of benzene rings is 1. The molecule has 0 bridgehead atoms. The van der Waals surface area contributed by atoms with Crippen LogP contribution in [-0.2, 0) is 25.3 Å². The molecule has 0 unspecified atom stereocenters. The number of amides is 2. The van der Waals surface area contributed by atoms with Gasteiger partial charge < -0.3 is 24.3 Å². The molecule has 182 valence electrons. The zero-order valence-electron chi connectivity index (χ0n) is 21.2. The number of ether oxygens (including phenoxy) is 1. The smallest absolute Gasteiger partial charge is 0.444 e. The van der Waals surface area contributed by atoms with E-state index in [1.165, 1.54) is 0 Å². The van der Waals surface area contributed by atoms with Crippen LogP contribution in [0.4, 0.5) is 4.79 Å². The third-order valence-corrected chi connectivity index (χ3v) is 6.76. The highest BCUT2D eigenvalue weighted by Gasteiger charge is 2.51. The van der Waals surface area contributed by atoms with Gasteiger partial charge in [-0.1, -0.05) is 24.3 Å². The minimum Gasteiger partial charge on any atom is -0.444 e. The van der Waals surface area contributed by atoms with E-state index in [9.17, 15) is 9.59 Å². The van der Waals surface area contributed by atoms with Crippen LogP contribution in [-0.4, -0.2) is 60.5 Å². The van der Waals surface area contributed by atoms with E-state index >= 15 is 0 Å². The first kappa shape index (κ1) is 25.6. The van der Waals surface area contributed by atoms with Gasteiger partial charge in [0.1, 0.15) is 5.60 Å². The topological polar surface area (TPSA) is 77.1 Å². The third-order valence-electron chi connectivity index (χ3n) is 6.76. The molecule has 2 fully saturated rings. The Hall–Kier alpha value is -2.06. The highest BCUT2D eigenvalue weighted by molar-refractivity contribution is 6.62. The second kappa shape index (κ2) is 9.67. The fourth-order valence-corrected chi connectivity index (χ4v) is 3.99. The van der Waals surface area contributed by atoms with Crippen molar-refractivity contribution >= 4 is 24.6 Å². The van der Waals surface area contributed by atoms with Crippen LogP contribution >= 0.6 is 0 Å². The lowest BCUT2D eigenvalue weighted by Crippen LogP contribution is -2.43. The summed E-state index contributed by atoms with van der Waals surface area (Å²) in [6.07, 6.45) is 1.75. The highest BCUT2D eigenvalue weighted by atomic mass is 16.7. The minimum atomic E-state index is -0.498. The van der Waals surface area contributed by atoms with Crippen LogP contribution in [0.15, 0.2) is 24.3 Å². The van der Waals surface area contributed by atoms with E-state index in [0.717, 1.165) is 23.9 Å². The zero-order chi connectivity index (χ0) is 24.4. The van der Waals surface area contributed by atoms with Crippen molar-refractivity contribution in [2.75, 3.05) is 19.6 Å². The van der Waals surface area contributed by atoms with Gasteiger partial charge in [0.2, 0.25) is 5.91 Å². The van der Waals surface area contributed by atoms with Crippen molar-refractivity contribution < 1.29 is 23.6 Å². The molecule has 7 nitrogen and oxygen atoms in total. The second-order valence-electron chi connectivity index (χ2n) is 11.2. The van der Waals surface area contributed by atoms with Gasteiger partial charge in [0, 0.05) is 19.6 Å². The van der Waals surface area contributed by atoms with Crippen LogP contribution in [0.3, 0.4) is 0 Å². The van der Waals surface area contributed by atoms with Gasteiger partial charge in [-0.2, -0.15) is 0 Å². The van der Waals surface area contributed by atoms with E-state index in [1.54, 1.807) is 0 Å². The molecule has 2 heterocycles. The maximum atomic E-state index is 12.8. The summed E-state index contributed by atoms with van der Waals surface area (Å²) in [4.78, 5) is 26.6. The van der Waals surface area contributed by atoms with E-state index in [2.05, 4.69) is 5.32 Å². The molecule has 3 rings (SSSR count). The summed E-state index contributed by atoms with van der Waals surface area (Å²) in [7, 11) is -0.395. The summed E-state index contributed by atoms with van der Waals surface area (Å²) in [5.74, 6) is 0.498. The van der Waals surface area contributed by atoms with Gasteiger partial charge in [-0.05, 0) is 78.3 Å². The summed E-state index contributed by atoms with van der Waals surface area (Å²) in [5, 5.41) is 2.85. The van der Waals surface area contributed by atoms with Gasteiger partial charge in [-0.15, -0.1) is 0 Å². The van der Waals surface area contributed by atoms with Gasteiger partial charge in [-0.3, -0.25) is 4.79 Å². The van der Waals surface area contributed by atoms with Gasteiger partial charge >= 0.3 is 13.2 Å². The van der Waals surface area contributed by atoms with Crippen LogP contribution in [0.25, 0.3) is 0 Å². The quantitative estimate of drug-likeness (QED) is 0.686. The van der Waals surface area contributed by atoms with Gasteiger partial charge in [0.15, 0.2) is 0 Å². The molecular weight excluding hydrogens is 419 g/mol. The Kier molecular flexibility index (Phi) is 7.49. The van der Waals surface area contributed by atoms with Crippen LogP contribution in [0.2, 0.25) is 0 Å². The van der Waals surface area contributed by atoms with Crippen LogP contribution in [0.5, 0.6) is 0 Å². The first-order valence-corrected chi connectivity index (χ1v) is 11.9. The van der Waals surface area contributed by atoms with Crippen molar-refractivity contribution in [3.8, 4) is 0 Å². The molecule has 2 amide bonds. The van der Waals surface area contributed by atoms with Crippen LogP contribution in [0.1, 0.15) is 66.9 Å². The van der Waals surface area contributed by atoms with Gasteiger partial charge in [0.05, 0.1) is 17.6 Å². The molecule has 0 aliphatic carbocycles. The first-order valence-electron chi connectivity index (χ1n) is 11.9. The normalized spacial score (nSPS) is 20.6. The lowest BCUT2D eigenvalue weighted by Gasteiger charge is -2.32. The summed E-state index contributed by atoms with van der Waals surface area (Å²) in [6.45, 7) is 15.7. The molecule has 1 N–H and O–H groups in total. The number of alkyl carbamates (subject to hydrolysis) is 1. The standard InChI is InChI=1S/C25H39BN2O5/c1-23(2,3)31-22(30)27-17-19-12-14-28(15-13-19)21(29)16-18-8-10-20(11-9-18)26-32-24(4,5)25(6,7)33-26/h8-11,19H,12-17H2,1-7H3,(H,27,30). The predicted octanol–water partition coefficient (Wildman–Crippen LogP) is 3.29.